The van der Waals surface area contributed by atoms with Crippen molar-refractivity contribution in [2.45, 2.75) is 0 Å². The Balaban J connectivity index is 1.90. The number of rotatable bonds is 2. The van der Waals surface area contributed by atoms with E-state index >= 15 is 0 Å². The Morgan fingerprint density at radius 2 is 2.50 bits per heavy atom. The molecule has 0 aromatic rings. The van der Waals surface area contributed by atoms with Gasteiger partial charge in [0.25, 0.3) is 0 Å². The summed E-state index contributed by atoms with van der Waals surface area (Å²) in [7, 11) is 1.78. The molecule has 0 spiro atoms. The molecule has 6 heavy (non-hydrogen) atoms. The average Bonchev–Trinajstić information content (AvgIpc) is 2.21. The normalized spacial score (nSPS) is 15.8. The summed E-state index contributed by atoms with van der Waals surface area (Å²) in [6.07, 6.45) is 1.66. The van der Waals surface area contributed by atoms with Crippen LogP contribution >= 0.6 is 0 Å². The minimum absolute atomic E-state index is 1.57. The van der Waals surface area contributed by atoms with Gasteiger partial charge < -0.3 is 0 Å². The summed E-state index contributed by atoms with van der Waals surface area (Å²) in [6, 6.07) is 0. The van der Waals surface area contributed by atoms with E-state index in [1.807, 2.05) is 0 Å². The molecule has 0 aromatic heterocycles. The van der Waals surface area contributed by atoms with Crippen LogP contribution in [0.1, 0.15) is 0 Å². The third-order valence-corrected chi connectivity index (χ3v) is 0.457. The van der Waals surface area contributed by atoms with Crippen LogP contribution in [0.4, 0.5) is 0 Å². The van der Waals surface area contributed by atoms with Gasteiger partial charge in [-0.25, -0.2) is 5.43 Å². The van der Waals surface area contributed by atoms with Crippen molar-refractivity contribution in [1.82, 2.24) is 16.1 Å². The molecule has 34 valence electrons. The van der Waals surface area contributed by atoms with Crippen LogP contribution in [0.3, 0.4) is 0 Å². The quantitative estimate of drug-likeness (QED) is 0.418. The Hall–Kier alpha value is -0.610. The maximum atomic E-state index is 3.63. The van der Waals surface area contributed by atoms with E-state index < -0.39 is 0 Å². The van der Waals surface area contributed by atoms with Crippen LogP contribution in [0.5, 0.6) is 0 Å². The van der Waals surface area contributed by atoms with Crippen molar-refractivity contribution >= 4 is 6.34 Å². The highest BCUT2D eigenvalue weighted by Gasteiger charge is 2.01. The van der Waals surface area contributed by atoms with Crippen LogP contribution < -0.4 is 11.0 Å². The van der Waals surface area contributed by atoms with Gasteiger partial charge in [-0.05, 0) is 0 Å². The monoisotopic (exact) mass is 86.1 g/mol. The summed E-state index contributed by atoms with van der Waals surface area (Å²) < 4.78 is 0. The first-order chi connectivity index (χ1) is 2.93. The first kappa shape index (κ1) is 3.58. The molecule has 1 aliphatic rings. The molecule has 1 aliphatic heterocycles. The van der Waals surface area contributed by atoms with Gasteiger partial charge in [0.05, 0.1) is 0 Å². The third-order valence-electron chi connectivity index (χ3n) is 0.457. The van der Waals surface area contributed by atoms with Crippen LogP contribution in [0.2, 0.25) is 0 Å². The smallest absolute Gasteiger partial charge is 0.153 e. The fraction of sp³-hybridized carbons (Fsp3) is 0.500. The molecule has 1 rings (SSSR count). The minimum atomic E-state index is 1.57. The summed E-state index contributed by atoms with van der Waals surface area (Å²) in [4.78, 5) is 0. The Morgan fingerprint density at radius 1 is 1.83 bits per heavy atom. The summed E-state index contributed by atoms with van der Waals surface area (Å²) >= 11 is 0. The summed E-state index contributed by atoms with van der Waals surface area (Å²) in [5.74, 6) is 0. The van der Waals surface area contributed by atoms with Crippen molar-refractivity contribution in [3.8, 4) is 0 Å². The third kappa shape index (κ3) is 0.667. The van der Waals surface area contributed by atoms with E-state index in [1.54, 1.807) is 18.5 Å². The molecule has 1 heterocycles. The average molecular weight is 86.1 g/mol. The Labute approximate surface area is 35.8 Å². The molecule has 0 aliphatic carbocycles. The van der Waals surface area contributed by atoms with Crippen molar-refractivity contribution in [3.05, 3.63) is 0 Å². The van der Waals surface area contributed by atoms with E-state index in [0.717, 1.165) is 0 Å². The fourth-order valence-corrected chi connectivity index (χ4v) is 0.198. The van der Waals surface area contributed by atoms with Crippen molar-refractivity contribution in [2.75, 3.05) is 7.05 Å². The molecule has 0 bridgehead atoms. The van der Waals surface area contributed by atoms with Crippen molar-refractivity contribution in [2.24, 2.45) is 5.10 Å². The summed E-state index contributed by atoms with van der Waals surface area (Å²) in [6.45, 7) is 0. The Morgan fingerprint density at radius 3 is 2.67 bits per heavy atom. The number of hydrogen-bond acceptors (Lipinski definition) is 4. The summed E-state index contributed by atoms with van der Waals surface area (Å²) in [5, 5.41) is 5.20. The first-order valence-corrected chi connectivity index (χ1v) is 1.69. The molecule has 0 unspecified atom stereocenters. The molecule has 0 saturated carbocycles. The first-order valence-electron chi connectivity index (χ1n) is 1.69. The molecule has 0 atom stereocenters. The predicted octanol–water partition coefficient (Wildman–Crippen LogP) is -1.12. The van der Waals surface area contributed by atoms with Crippen LogP contribution in [-0.2, 0) is 0 Å². The molecule has 0 saturated heterocycles. The van der Waals surface area contributed by atoms with Crippen LogP contribution in [0.15, 0.2) is 5.10 Å². The summed E-state index contributed by atoms with van der Waals surface area (Å²) in [5.41, 5.74) is 5.36. The number of nitrogens with zero attached hydrogens (tertiary/aromatic N) is 2. The lowest BCUT2D eigenvalue weighted by Crippen LogP contribution is -2.33. The van der Waals surface area contributed by atoms with E-state index in [2.05, 4.69) is 16.1 Å². The zero-order valence-electron chi connectivity index (χ0n) is 3.47. The van der Waals surface area contributed by atoms with Gasteiger partial charge in [-0.1, -0.05) is 0 Å². The SMILES string of the molecule is CNNN1C=N1. The Kier molecular flexibility index (Phi) is 0.736. The van der Waals surface area contributed by atoms with Crippen molar-refractivity contribution in [1.29, 1.82) is 0 Å². The molecule has 0 fully saturated rings. The molecular weight excluding hydrogens is 80.0 g/mol. The highest BCUT2D eigenvalue weighted by Crippen LogP contribution is 1.86. The van der Waals surface area contributed by atoms with Gasteiger partial charge in [-0.15, -0.1) is 10.6 Å². The number of hydrazine groups is 2. The van der Waals surface area contributed by atoms with Crippen LogP contribution in [0, 0.1) is 0 Å². The second-order valence-corrected chi connectivity index (χ2v) is 0.937. The van der Waals surface area contributed by atoms with Gasteiger partial charge in [0.15, 0.2) is 6.34 Å². The maximum Gasteiger partial charge on any atom is 0.153 e. The van der Waals surface area contributed by atoms with Crippen LogP contribution in [-0.4, -0.2) is 18.5 Å². The molecule has 2 N–H and O–H groups in total. The van der Waals surface area contributed by atoms with Gasteiger partial charge in [0.2, 0.25) is 0 Å². The standard InChI is InChI=1S/C2H6N4/c1-3-5-6-2-4-6/h2-3,5H,1H3. The number of hydrazone groups is 1. The molecular formula is C2H6N4. The van der Waals surface area contributed by atoms with E-state index in [4.69, 9.17) is 0 Å². The molecule has 0 radical (unpaired) electrons. The van der Waals surface area contributed by atoms with Crippen molar-refractivity contribution < 1.29 is 0 Å². The predicted molar refractivity (Wildman–Crippen MR) is 22.5 cm³/mol. The highest BCUT2D eigenvalue weighted by atomic mass is 15.9. The van der Waals surface area contributed by atoms with Crippen LogP contribution in [0.25, 0.3) is 0 Å². The molecule has 4 nitrogen and oxygen atoms in total. The van der Waals surface area contributed by atoms with Gasteiger partial charge >= 0.3 is 0 Å². The minimum Gasteiger partial charge on any atom is -0.241 e. The molecule has 0 aromatic carbocycles. The topological polar surface area (TPSA) is 39.4 Å². The zero-order chi connectivity index (χ0) is 4.41. The highest BCUT2D eigenvalue weighted by molar-refractivity contribution is 5.63. The number of hydrogen-bond donors (Lipinski definition) is 2. The van der Waals surface area contributed by atoms with Gasteiger partial charge in [-0.3, -0.25) is 0 Å². The van der Waals surface area contributed by atoms with Gasteiger partial charge in [0.1, 0.15) is 0 Å². The zero-order valence-corrected chi connectivity index (χ0v) is 3.47. The fourth-order valence-electron chi connectivity index (χ4n) is 0.198. The largest absolute Gasteiger partial charge is 0.241 e. The number of nitrogens with one attached hydrogen (secondary N) is 2. The van der Waals surface area contributed by atoms with Gasteiger partial charge in [-0.2, -0.15) is 5.12 Å². The van der Waals surface area contributed by atoms with E-state index in [9.17, 15) is 0 Å². The molecule has 0 amide bonds. The second kappa shape index (κ2) is 1.24. The lowest BCUT2D eigenvalue weighted by molar-refractivity contribution is 0.355. The lowest BCUT2D eigenvalue weighted by Gasteiger charge is -1.95. The van der Waals surface area contributed by atoms with Gasteiger partial charge in [0, 0.05) is 7.05 Å². The maximum absolute atomic E-state index is 3.63. The van der Waals surface area contributed by atoms with Crippen molar-refractivity contribution in [3.63, 3.8) is 0 Å². The van der Waals surface area contributed by atoms with E-state index in [-0.39, 0.29) is 0 Å². The van der Waals surface area contributed by atoms with E-state index in [1.165, 1.54) is 0 Å². The second-order valence-electron chi connectivity index (χ2n) is 0.937. The Bertz CT molecular complexity index is 61.9. The molecule has 4 heteroatoms. The lowest BCUT2D eigenvalue weighted by atomic mass is 11.4. The van der Waals surface area contributed by atoms with E-state index in [0.29, 0.717) is 0 Å².